The maximum Gasteiger partial charge on any atom is 0.227 e. The Morgan fingerprint density at radius 3 is 2.52 bits per heavy atom. The summed E-state index contributed by atoms with van der Waals surface area (Å²) >= 11 is 0. The fraction of sp³-hybridized carbons (Fsp3) is 0.294. The Labute approximate surface area is 132 Å². The van der Waals surface area contributed by atoms with E-state index < -0.39 is 17.5 Å². The third-order valence-electron chi connectivity index (χ3n) is 3.73. The van der Waals surface area contributed by atoms with Gasteiger partial charge in [0, 0.05) is 30.6 Å². The van der Waals surface area contributed by atoms with Gasteiger partial charge in [0.05, 0.1) is 12.5 Å². The number of hydrogen-bond acceptors (Lipinski definition) is 2. The van der Waals surface area contributed by atoms with E-state index in [0.29, 0.717) is 12.6 Å². The van der Waals surface area contributed by atoms with E-state index >= 15 is 0 Å². The Hall–Kier alpha value is -2.37. The lowest BCUT2D eigenvalue weighted by atomic mass is 10.1. The zero-order valence-electron chi connectivity index (χ0n) is 12.9. The molecule has 0 saturated heterocycles. The van der Waals surface area contributed by atoms with Gasteiger partial charge in [-0.3, -0.25) is 9.78 Å². The largest absolute Gasteiger partial charge is 0.336 e. The minimum atomic E-state index is -1.27. The number of aromatic nitrogens is 1. The second-order valence-corrected chi connectivity index (χ2v) is 5.18. The summed E-state index contributed by atoms with van der Waals surface area (Å²) in [4.78, 5) is 18.0. The molecule has 1 aromatic carbocycles. The van der Waals surface area contributed by atoms with Crippen molar-refractivity contribution in [3.05, 3.63) is 65.2 Å². The number of amides is 1. The van der Waals surface area contributed by atoms with E-state index in [2.05, 4.69) is 4.98 Å². The molecule has 3 nitrogen and oxygen atoms in total. The lowest BCUT2D eigenvalue weighted by Gasteiger charge is -2.28. The van der Waals surface area contributed by atoms with Crippen LogP contribution in [0.5, 0.6) is 0 Å². The van der Waals surface area contributed by atoms with Gasteiger partial charge in [0.25, 0.3) is 0 Å². The van der Waals surface area contributed by atoms with Crippen molar-refractivity contribution >= 4 is 5.91 Å². The molecule has 0 radical (unpaired) electrons. The van der Waals surface area contributed by atoms with Crippen molar-refractivity contribution in [3.63, 3.8) is 0 Å². The number of pyridine rings is 1. The van der Waals surface area contributed by atoms with E-state index in [-0.39, 0.29) is 23.9 Å². The van der Waals surface area contributed by atoms with E-state index in [4.69, 9.17) is 0 Å². The highest BCUT2D eigenvalue weighted by Crippen LogP contribution is 2.21. The average Bonchev–Trinajstić information content (AvgIpc) is 2.54. The highest BCUT2D eigenvalue weighted by atomic mass is 19.2. The first-order valence-electron chi connectivity index (χ1n) is 7.26. The quantitative estimate of drug-likeness (QED) is 0.787. The fourth-order valence-electron chi connectivity index (χ4n) is 2.43. The first kappa shape index (κ1) is 17.0. The highest BCUT2D eigenvalue weighted by molar-refractivity contribution is 5.79. The molecule has 0 spiro atoms. The van der Waals surface area contributed by atoms with E-state index in [1.54, 1.807) is 25.4 Å². The van der Waals surface area contributed by atoms with Crippen molar-refractivity contribution in [1.82, 2.24) is 9.88 Å². The molecule has 1 aromatic heterocycles. The standard InChI is InChI=1S/C17H17F3N2O/c1-3-22(11(2)12-5-4-6-21-10-12)17(23)8-13-7-15(19)16(20)9-14(13)18/h4-7,9-11H,3,8H2,1-2H3/t11-/m1/s1. The summed E-state index contributed by atoms with van der Waals surface area (Å²) in [6.07, 6.45) is 2.95. The monoisotopic (exact) mass is 322 g/mol. The van der Waals surface area contributed by atoms with Crippen LogP contribution in [0, 0.1) is 17.5 Å². The Morgan fingerprint density at radius 1 is 1.22 bits per heavy atom. The lowest BCUT2D eigenvalue weighted by molar-refractivity contribution is -0.132. The topological polar surface area (TPSA) is 33.2 Å². The third-order valence-corrected chi connectivity index (χ3v) is 3.73. The van der Waals surface area contributed by atoms with E-state index in [1.807, 2.05) is 13.0 Å². The molecule has 1 heterocycles. The van der Waals surface area contributed by atoms with Crippen LogP contribution < -0.4 is 0 Å². The van der Waals surface area contributed by atoms with Gasteiger partial charge in [-0.2, -0.15) is 0 Å². The molecule has 0 aliphatic heterocycles. The number of rotatable bonds is 5. The first-order chi connectivity index (χ1) is 10.9. The number of carbonyl (C=O) groups excluding carboxylic acids is 1. The molecule has 23 heavy (non-hydrogen) atoms. The molecule has 6 heteroatoms. The van der Waals surface area contributed by atoms with Crippen LogP contribution in [0.1, 0.15) is 31.0 Å². The van der Waals surface area contributed by atoms with Crippen molar-refractivity contribution in [2.24, 2.45) is 0 Å². The highest BCUT2D eigenvalue weighted by Gasteiger charge is 2.22. The van der Waals surface area contributed by atoms with Crippen LogP contribution in [0.3, 0.4) is 0 Å². The molecule has 0 N–H and O–H groups in total. The summed E-state index contributed by atoms with van der Waals surface area (Å²) in [5.41, 5.74) is 0.680. The molecule has 1 amide bonds. The van der Waals surface area contributed by atoms with Gasteiger partial charge in [-0.25, -0.2) is 13.2 Å². The van der Waals surface area contributed by atoms with Crippen molar-refractivity contribution in [2.75, 3.05) is 6.54 Å². The van der Waals surface area contributed by atoms with E-state index in [1.165, 1.54) is 4.90 Å². The molecule has 0 aliphatic rings. The zero-order chi connectivity index (χ0) is 17.0. The Bertz CT molecular complexity index is 692. The average molecular weight is 322 g/mol. The third kappa shape index (κ3) is 3.88. The number of carbonyl (C=O) groups is 1. The SMILES string of the molecule is CCN(C(=O)Cc1cc(F)c(F)cc1F)[C@H](C)c1cccnc1. The molecule has 2 rings (SSSR count). The molecular formula is C17H17F3N2O. The van der Waals surface area contributed by atoms with Gasteiger partial charge in [-0.15, -0.1) is 0 Å². The minimum Gasteiger partial charge on any atom is -0.336 e. The Balaban J connectivity index is 2.19. The van der Waals surface area contributed by atoms with E-state index in [0.717, 1.165) is 11.6 Å². The maximum absolute atomic E-state index is 13.7. The van der Waals surface area contributed by atoms with Gasteiger partial charge < -0.3 is 4.90 Å². The summed E-state index contributed by atoms with van der Waals surface area (Å²) in [6.45, 7) is 4.03. The Kier molecular flexibility index (Phi) is 5.36. The predicted octanol–water partition coefficient (Wildman–Crippen LogP) is 3.65. The van der Waals surface area contributed by atoms with Crippen LogP contribution in [0.4, 0.5) is 13.2 Å². The van der Waals surface area contributed by atoms with E-state index in [9.17, 15) is 18.0 Å². The number of halogens is 3. The van der Waals surface area contributed by atoms with Gasteiger partial charge >= 0.3 is 0 Å². The van der Waals surface area contributed by atoms with Crippen LogP contribution in [0.15, 0.2) is 36.7 Å². The van der Waals surface area contributed by atoms with Gasteiger partial charge in [0.2, 0.25) is 5.91 Å². The predicted molar refractivity (Wildman–Crippen MR) is 80.1 cm³/mol. The molecule has 0 saturated carbocycles. The van der Waals surface area contributed by atoms with Gasteiger partial charge in [-0.1, -0.05) is 6.07 Å². The summed E-state index contributed by atoms with van der Waals surface area (Å²) in [6, 6.07) is 4.53. The van der Waals surface area contributed by atoms with Crippen molar-refractivity contribution in [3.8, 4) is 0 Å². The summed E-state index contributed by atoms with van der Waals surface area (Å²) in [5.74, 6) is -3.73. The molecule has 1 atom stereocenters. The summed E-state index contributed by atoms with van der Waals surface area (Å²) < 4.78 is 39.9. The van der Waals surface area contributed by atoms with Crippen LogP contribution in [-0.4, -0.2) is 22.3 Å². The second-order valence-electron chi connectivity index (χ2n) is 5.18. The number of hydrogen-bond donors (Lipinski definition) is 0. The number of benzene rings is 1. The molecule has 122 valence electrons. The van der Waals surface area contributed by atoms with Crippen molar-refractivity contribution in [2.45, 2.75) is 26.3 Å². The first-order valence-corrected chi connectivity index (χ1v) is 7.26. The fourth-order valence-corrected chi connectivity index (χ4v) is 2.43. The number of likely N-dealkylation sites (N-methyl/N-ethyl adjacent to an activating group) is 1. The molecule has 0 bridgehead atoms. The Morgan fingerprint density at radius 2 is 1.91 bits per heavy atom. The van der Waals surface area contributed by atoms with Gasteiger partial charge in [0.1, 0.15) is 5.82 Å². The second kappa shape index (κ2) is 7.26. The van der Waals surface area contributed by atoms with Crippen LogP contribution in [-0.2, 0) is 11.2 Å². The normalized spacial score (nSPS) is 12.0. The van der Waals surface area contributed by atoms with Gasteiger partial charge in [-0.05, 0) is 31.5 Å². The molecular weight excluding hydrogens is 305 g/mol. The molecule has 0 fully saturated rings. The maximum atomic E-state index is 13.7. The van der Waals surface area contributed by atoms with Crippen LogP contribution in [0.25, 0.3) is 0 Å². The van der Waals surface area contributed by atoms with Crippen LogP contribution in [0.2, 0.25) is 0 Å². The van der Waals surface area contributed by atoms with Crippen molar-refractivity contribution in [1.29, 1.82) is 0 Å². The van der Waals surface area contributed by atoms with Crippen molar-refractivity contribution < 1.29 is 18.0 Å². The van der Waals surface area contributed by atoms with Gasteiger partial charge in [0.15, 0.2) is 11.6 Å². The molecule has 0 aliphatic carbocycles. The smallest absolute Gasteiger partial charge is 0.227 e. The minimum absolute atomic E-state index is 0.161. The summed E-state index contributed by atoms with van der Waals surface area (Å²) in [5, 5.41) is 0. The zero-order valence-corrected chi connectivity index (χ0v) is 12.9. The summed E-state index contributed by atoms with van der Waals surface area (Å²) in [7, 11) is 0. The molecule has 2 aromatic rings. The number of nitrogens with zero attached hydrogens (tertiary/aromatic N) is 2. The molecule has 0 unspecified atom stereocenters. The van der Waals surface area contributed by atoms with Crippen LogP contribution >= 0.6 is 0 Å². The lowest BCUT2D eigenvalue weighted by Crippen LogP contribution is -2.34.